The van der Waals surface area contributed by atoms with Crippen molar-refractivity contribution in [1.29, 1.82) is 0 Å². The summed E-state index contributed by atoms with van der Waals surface area (Å²) in [6.45, 7) is 0.173. The SMILES string of the molecule is NCCCCC(NC(=O)CN)C(=O)NC(CC(N)=O)C(=O)NC(CCCN=C(N)N)C(=O)O. The molecule has 0 aliphatic heterocycles. The highest BCUT2D eigenvalue weighted by Gasteiger charge is 2.30. The molecule has 0 aromatic carbocycles. The van der Waals surface area contributed by atoms with Crippen LogP contribution in [0.5, 0.6) is 0 Å². The zero-order valence-corrected chi connectivity index (χ0v) is 18.4. The molecule has 14 N–H and O–H groups in total. The van der Waals surface area contributed by atoms with Gasteiger partial charge in [0, 0.05) is 6.54 Å². The molecule has 0 aliphatic carbocycles. The monoisotopic (exact) mass is 473 g/mol. The molecule has 33 heavy (non-hydrogen) atoms. The Labute approximate surface area is 191 Å². The first-order valence-electron chi connectivity index (χ1n) is 10.4. The van der Waals surface area contributed by atoms with E-state index >= 15 is 0 Å². The predicted octanol–water partition coefficient (Wildman–Crippen LogP) is -4.46. The van der Waals surface area contributed by atoms with E-state index in [-0.39, 0.29) is 38.3 Å². The lowest BCUT2D eigenvalue weighted by molar-refractivity contribution is -0.142. The summed E-state index contributed by atoms with van der Waals surface area (Å²) in [5, 5.41) is 16.4. The maximum atomic E-state index is 12.7. The van der Waals surface area contributed by atoms with E-state index in [0.29, 0.717) is 19.4 Å². The van der Waals surface area contributed by atoms with Gasteiger partial charge in [-0.25, -0.2) is 4.79 Å². The van der Waals surface area contributed by atoms with Crippen molar-refractivity contribution in [2.24, 2.45) is 33.7 Å². The van der Waals surface area contributed by atoms with Crippen molar-refractivity contribution in [1.82, 2.24) is 16.0 Å². The number of nitrogens with one attached hydrogen (secondary N) is 3. The number of rotatable bonds is 17. The van der Waals surface area contributed by atoms with Gasteiger partial charge in [0.2, 0.25) is 23.6 Å². The van der Waals surface area contributed by atoms with Gasteiger partial charge >= 0.3 is 5.97 Å². The van der Waals surface area contributed by atoms with E-state index in [0.717, 1.165) is 0 Å². The molecular weight excluding hydrogens is 438 g/mol. The molecule has 4 amide bonds. The number of aliphatic imine (C=N–C) groups is 1. The lowest BCUT2D eigenvalue weighted by Gasteiger charge is -2.24. The van der Waals surface area contributed by atoms with Crippen LogP contribution in [-0.4, -0.2) is 78.4 Å². The van der Waals surface area contributed by atoms with Crippen LogP contribution in [0.4, 0.5) is 0 Å². The van der Waals surface area contributed by atoms with E-state index in [1.54, 1.807) is 0 Å². The third-order valence-corrected chi connectivity index (χ3v) is 4.38. The first-order valence-corrected chi connectivity index (χ1v) is 10.4. The van der Waals surface area contributed by atoms with Gasteiger partial charge in [0.25, 0.3) is 0 Å². The summed E-state index contributed by atoms with van der Waals surface area (Å²) in [5.74, 6) is -4.66. The van der Waals surface area contributed by atoms with Crippen molar-refractivity contribution < 1.29 is 29.1 Å². The average molecular weight is 474 g/mol. The van der Waals surface area contributed by atoms with Gasteiger partial charge in [-0.1, -0.05) is 0 Å². The Kier molecular flexibility index (Phi) is 14.5. The molecule has 0 spiro atoms. The number of hydrogen-bond acceptors (Lipinski definition) is 8. The normalized spacial score (nSPS) is 13.2. The molecule has 0 radical (unpaired) electrons. The van der Waals surface area contributed by atoms with E-state index in [9.17, 15) is 29.1 Å². The molecule has 0 heterocycles. The summed E-state index contributed by atoms with van der Waals surface area (Å²) in [7, 11) is 0. The number of guanidine groups is 1. The fraction of sp³-hybridized carbons (Fsp3) is 0.667. The largest absolute Gasteiger partial charge is 0.480 e. The average Bonchev–Trinajstić information content (AvgIpc) is 2.73. The van der Waals surface area contributed by atoms with Crippen molar-refractivity contribution in [3.8, 4) is 0 Å². The number of carbonyl (C=O) groups excluding carboxylic acids is 4. The summed E-state index contributed by atoms with van der Waals surface area (Å²) in [5.41, 5.74) is 26.3. The maximum Gasteiger partial charge on any atom is 0.326 e. The summed E-state index contributed by atoms with van der Waals surface area (Å²) >= 11 is 0. The van der Waals surface area contributed by atoms with E-state index in [1.807, 2.05) is 0 Å². The molecule has 15 nitrogen and oxygen atoms in total. The van der Waals surface area contributed by atoms with Crippen molar-refractivity contribution >= 4 is 35.6 Å². The number of unbranched alkanes of at least 4 members (excludes halogenated alkanes) is 1. The molecule has 0 saturated heterocycles. The smallest absolute Gasteiger partial charge is 0.326 e. The summed E-state index contributed by atoms with van der Waals surface area (Å²) in [4.78, 5) is 63.6. The molecule has 0 aromatic rings. The first kappa shape index (κ1) is 29.5. The molecule has 15 heteroatoms. The van der Waals surface area contributed by atoms with Crippen LogP contribution in [0.2, 0.25) is 0 Å². The summed E-state index contributed by atoms with van der Waals surface area (Å²) in [6.07, 6.45) is 0.955. The van der Waals surface area contributed by atoms with Gasteiger partial charge in [-0.2, -0.15) is 0 Å². The van der Waals surface area contributed by atoms with Gasteiger partial charge < -0.3 is 49.7 Å². The Bertz CT molecular complexity index is 712. The van der Waals surface area contributed by atoms with Crippen molar-refractivity contribution in [3.05, 3.63) is 0 Å². The van der Waals surface area contributed by atoms with E-state index in [4.69, 9.17) is 28.7 Å². The van der Waals surface area contributed by atoms with Crippen molar-refractivity contribution in [3.63, 3.8) is 0 Å². The highest BCUT2D eigenvalue weighted by Crippen LogP contribution is 2.05. The zero-order chi connectivity index (χ0) is 25.4. The van der Waals surface area contributed by atoms with Crippen LogP contribution in [0.1, 0.15) is 38.5 Å². The van der Waals surface area contributed by atoms with Crippen LogP contribution in [0.15, 0.2) is 4.99 Å². The van der Waals surface area contributed by atoms with Gasteiger partial charge in [-0.15, -0.1) is 0 Å². The van der Waals surface area contributed by atoms with Crippen LogP contribution < -0.4 is 44.6 Å². The Morgan fingerprint density at radius 3 is 1.88 bits per heavy atom. The van der Waals surface area contributed by atoms with Gasteiger partial charge in [0.1, 0.15) is 18.1 Å². The zero-order valence-electron chi connectivity index (χ0n) is 18.4. The van der Waals surface area contributed by atoms with E-state index < -0.39 is 54.1 Å². The highest BCUT2D eigenvalue weighted by molar-refractivity contribution is 5.95. The molecule has 0 fully saturated rings. The van der Waals surface area contributed by atoms with Gasteiger partial charge in [-0.3, -0.25) is 24.2 Å². The number of amides is 4. The molecule has 3 atom stereocenters. The fourth-order valence-corrected chi connectivity index (χ4v) is 2.73. The second kappa shape index (κ2) is 16.2. The standard InChI is InChI=1S/C18H35N9O6/c19-6-2-1-4-10(25-14(29)9-20)15(30)27-12(8-13(21)28)16(31)26-11(17(32)33)5-3-7-24-18(22)23/h10-12H,1-9,19-20H2,(H2,21,28)(H,25,29)(H,26,31)(H,27,30)(H,32,33)(H4,22,23,24). The predicted molar refractivity (Wildman–Crippen MR) is 119 cm³/mol. The van der Waals surface area contributed by atoms with Gasteiger partial charge in [0.15, 0.2) is 5.96 Å². The van der Waals surface area contributed by atoms with Gasteiger partial charge in [-0.05, 0) is 38.6 Å². The van der Waals surface area contributed by atoms with Crippen LogP contribution >= 0.6 is 0 Å². The number of aliphatic carboxylic acids is 1. The minimum absolute atomic E-state index is 0.0106. The minimum Gasteiger partial charge on any atom is -0.480 e. The van der Waals surface area contributed by atoms with E-state index in [2.05, 4.69) is 20.9 Å². The number of carboxylic acids is 1. The summed E-state index contributed by atoms with van der Waals surface area (Å²) in [6, 6.07) is -3.82. The van der Waals surface area contributed by atoms with Crippen LogP contribution in [0.3, 0.4) is 0 Å². The molecule has 3 unspecified atom stereocenters. The Morgan fingerprint density at radius 2 is 1.36 bits per heavy atom. The molecular formula is C18H35N9O6. The Morgan fingerprint density at radius 1 is 0.788 bits per heavy atom. The third-order valence-electron chi connectivity index (χ3n) is 4.38. The number of hydrogen-bond donors (Lipinski definition) is 9. The highest BCUT2D eigenvalue weighted by atomic mass is 16.4. The topological polar surface area (TPSA) is 284 Å². The molecule has 0 saturated carbocycles. The quantitative estimate of drug-likeness (QED) is 0.0554. The first-order chi connectivity index (χ1) is 15.5. The number of primary amides is 1. The van der Waals surface area contributed by atoms with Crippen molar-refractivity contribution in [2.75, 3.05) is 19.6 Å². The number of nitrogens with two attached hydrogens (primary N) is 5. The number of carbonyl (C=O) groups is 5. The second-order valence-electron chi connectivity index (χ2n) is 7.19. The van der Waals surface area contributed by atoms with E-state index in [1.165, 1.54) is 0 Å². The Balaban J connectivity index is 5.30. The fourth-order valence-electron chi connectivity index (χ4n) is 2.73. The summed E-state index contributed by atoms with van der Waals surface area (Å²) < 4.78 is 0. The van der Waals surface area contributed by atoms with Gasteiger partial charge in [0.05, 0.1) is 13.0 Å². The second-order valence-corrected chi connectivity index (χ2v) is 7.19. The van der Waals surface area contributed by atoms with Crippen LogP contribution in [0, 0.1) is 0 Å². The lowest BCUT2D eigenvalue weighted by atomic mass is 10.1. The molecule has 0 rings (SSSR count). The third kappa shape index (κ3) is 13.5. The Hall–Kier alpha value is -3.46. The molecule has 0 aliphatic rings. The molecule has 0 bridgehead atoms. The number of carboxylic acid groups (broad SMARTS) is 1. The number of nitrogens with zero attached hydrogens (tertiary/aromatic N) is 1. The minimum atomic E-state index is -1.46. The van der Waals surface area contributed by atoms with Crippen LogP contribution in [0.25, 0.3) is 0 Å². The van der Waals surface area contributed by atoms with Crippen molar-refractivity contribution in [2.45, 2.75) is 56.7 Å². The lowest BCUT2D eigenvalue weighted by Crippen LogP contribution is -2.57. The molecule has 188 valence electrons. The maximum absolute atomic E-state index is 12.7. The molecule has 0 aromatic heterocycles. The van der Waals surface area contributed by atoms with Crippen LogP contribution in [-0.2, 0) is 24.0 Å².